The Bertz CT molecular complexity index is 571. The Morgan fingerprint density at radius 3 is 3.00 bits per heavy atom. The number of anilines is 1. The van der Waals surface area contributed by atoms with E-state index in [0.717, 1.165) is 41.6 Å². The molecule has 0 radical (unpaired) electrons. The van der Waals surface area contributed by atoms with Crippen molar-refractivity contribution in [3.63, 3.8) is 0 Å². The van der Waals surface area contributed by atoms with E-state index >= 15 is 0 Å². The van der Waals surface area contributed by atoms with Gasteiger partial charge in [0.25, 0.3) is 0 Å². The van der Waals surface area contributed by atoms with Crippen LogP contribution in [0.5, 0.6) is 0 Å². The molecule has 0 amide bonds. The number of nitrogens with one attached hydrogen (secondary N) is 1. The van der Waals surface area contributed by atoms with E-state index in [1.807, 2.05) is 12.1 Å². The molecule has 2 aromatic rings. The largest absolute Gasteiger partial charge is 0.422 e. The number of aryl methyl sites for hydroxylation is 1. The molecule has 0 unspecified atom stereocenters. The highest BCUT2D eigenvalue weighted by atomic mass is 16.4. The van der Waals surface area contributed by atoms with Gasteiger partial charge < -0.3 is 9.73 Å². The average molecular weight is 201 g/mol. The molecule has 15 heavy (non-hydrogen) atoms. The minimum Gasteiger partial charge on any atom is -0.422 e. The summed E-state index contributed by atoms with van der Waals surface area (Å²) in [4.78, 5) is 11.2. The fourth-order valence-corrected chi connectivity index (χ4v) is 2.09. The molecular formula is C12H11NO2. The maximum absolute atomic E-state index is 11.2. The predicted octanol–water partition coefficient (Wildman–Crippen LogP) is 2.15. The average Bonchev–Trinajstić information content (AvgIpc) is 2.29. The van der Waals surface area contributed by atoms with Gasteiger partial charge in [-0.1, -0.05) is 0 Å². The van der Waals surface area contributed by atoms with E-state index in [-0.39, 0.29) is 5.63 Å². The Kier molecular flexibility index (Phi) is 1.78. The maximum Gasteiger partial charge on any atom is 0.336 e. The molecule has 76 valence electrons. The van der Waals surface area contributed by atoms with E-state index in [0.29, 0.717) is 0 Å². The summed E-state index contributed by atoms with van der Waals surface area (Å²) in [7, 11) is 0. The van der Waals surface area contributed by atoms with Crippen LogP contribution < -0.4 is 10.9 Å². The van der Waals surface area contributed by atoms with Gasteiger partial charge in [0.15, 0.2) is 0 Å². The van der Waals surface area contributed by atoms with Gasteiger partial charge in [0, 0.05) is 29.2 Å². The second-order valence-electron chi connectivity index (χ2n) is 3.79. The number of benzene rings is 1. The zero-order chi connectivity index (χ0) is 10.3. The molecule has 3 nitrogen and oxygen atoms in total. The van der Waals surface area contributed by atoms with Crippen molar-refractivity contribution < 1.29 is 4.42 Å². The Morgan fingerprint density at radius 2 is 2.07 bits per heavy atom. The van der Waals surface area contributed by atoms with Crippen LogP contribution in [0.4, 0.5) is 5.69 Å². The number of hydrogen-bond donors (Lipinski definition) is 1. The molecular weight excluding hydrogens is 190 g/mol. The molecule has 0 saturated carbocycles. The minimum absolute atomic E-state index is 0.276. The molecule has 2 heterocycles. The van der Waals surface area contributed by atoms with Gasteiger partial charge >= 0.3 is 5.63 Å². The highest BCUT2D eigenvalue weighted by molar-refractivity contribution is 5.85. The monoisotopic (exact) mass is 201 g/mol. The second kappa shape index (κ2) is 3.12. The van der Waals surface area contributed by atoms with Gasteiger partial charge in [-0.3, -0.25) is 0 Å². The third kappa shape index (κ3) is 1.31. The lowest BCUT2D eigenvalue weighted by Crippen LogP contribution is -2.12. The SMILES string of the molecule is O=c1ccc2ccc3c(c2o1)CCCN3. The lowest BCUT2D eigenvalue weighted by molar-refractivity contribution is 0.555. The van der Waals surface area contributed by atoms with Gasteiger partial charge in [-0.2, -0.15) is 0 Å². The van der Waals surface area contributed by atoms with Gasteiger partial charge in [0.1, 0.15) is 5.58 Å². The molecule has 1 N–H and O–H groups in total. The number of fused-ring (bicyclic) bond motifs is 3. The van der Waals surface area contributed by atoms with E-state index in [2.05, 4.69) is 11.4 Å². The fraction of sp³-hybridized carbons (Fsp3) is 0.250. The third-order valence-electron chi connectivity index (χ3n) is 2.81. The normalized spacial score (nSPS) is 14.7. The molecule has 1 aliphatic heterocycles. The van der Waals surface area contributed by atoms with Crippen LogP contribution in [0.15, 0.2) is 33.5 Å². The number of rotatable bonds is 0. The molecule has 0 spiro atoms. The maximum atomic E-state index is 11.2. The molecule has 0 fully saturated rings. The zero-order valence-corrected chi connectivity index (χ0v) is 8.25. The molecule has 0 saturated heterocycles. The molecule has 3 rings (SSSR count). The Morgan fingerprint density at radius 1 is 1.20 bits per heavy atom. The van der Waals surface area contributed by atoms with Crippen molar-refractivity contribution in [2.24, 2.45) is 0 Å². The van der Waals surface area contributed by atoms with Gasteiger partial charge in [-0.05, 0) is 31.0 Å². The van der Waals surface area contributed by atoms with Crippen LogP contribution in [0.25, 0.3) is 11.0 Å². The molecule has 0 bridgehead atoms. The molecule has 0 atom stereocenters. The first-order valence-electron chi connectivity index (χ1n) is 5.14. The van der Waals surface area contributed by atoms with Crippen molar-refractivity contribution in [2.45, 2.75) is 12.8 Å². The first kappa shape index (κ1) is 8.53. The summed E-state index contributed by atoms with van der Waals surface area (Å²) in [5, 5.41) is 4.31. The lowest BCUT2D eigenvalue weighted by atomic mass is 10.0. The summed E-state index contributed by atoms with van der Waals surface area (Å²) >= 11 is 0. The van der Waals surface area contributed by atoms with Crippen molar-refractivity contribution in [1.29, 1.82) is 0 Å². The van der Waals surface area contributed by atoms with Crippen molar-refractivity contribution in [1.82, 2.24) is 0 Å². The first-order valence-corrected chi connectivity index (χ1v) is 5.14. The quantitative estimate of drug-likeness (QED) is 0.664. The van der Waals surface area contributed by atoms with Crippen LogP contribution in [0, 0.1) is 0 Å². The van der Waals surface area contributed by atoms with E-state index in [4.69, 9.17) is 4.42 Å². The first-order chi connectivity index (χ1) is 7.34. The summed E-state index contributed by atoms with van der Waals surface area (Å²) in [5.74, 6) is 0. The summed E-state index contributed by atoms with van der Waals surface area (Å²) in [5.41, 5.74) is 2.70. The molecule has 0 aliphatic carbocycles. The fourth-order valence-electron chi connectivity index (χ4n) is 2.09. The molecule has 1 aliphatic rings. The zero-order valence-electron chi connectivity index (χ0n) is 8.25. The Balaban J connectivity index is 2.39. The standard InChI is InChI=1S/C12H11NO2/c14-11-6-4-8-3-5-10-9(12(8)15-11)2-1-7-13-10/h3-6,13H,1-2,7H2. The summed E-state index contributed by atoms with van der Waals surface area (Å²) < 4.78 is 5.26. The summed E-state index contributed by atoms with van der Waals surface area (Å²) in [6, 6.07) is 7.31. The van der Waals surface area contributed by atoms with Crippen LogP contribution in [0.1, 0.15) is 12.0 Å². The van der Waals surface area contributed by atoms with Crippen LogP contribution in [-0.4, -0.2) is 6.54 Å². The van der Waals surface area contributed by atoms with Gasteiger partial charge in [-0.15, -0.1) is 0 Å². The smallest absolute Gasteiger partial charge is 0.336 e. The third-order valence-corrected chi connectivity index (χ3v) is 2.81. The van der Waals surface area contributed by atoms with E-state index in [9.17, 15) is 4.79 Å². The van der Waals surface area contributed by atoms with Crippen molar-refractivity contribution in [3.05, 3.63) is 40.2 Å². The molecule has 1 aromatic carbocycles. The Labute approximate surface area is 86.7 Å². The second-order valence-corrected chi connectivity index (χ2v) is 3.79. The lowest BCUT2D eigenvalue weighted by Gasteiger charge is -2.18. The summed E-state index contributed by atoms with van der Waals surface area (Å²) in [6.45, 7) is 0.996. The minimum atomic E-state index is -0.276. The Hall–Kier alpha value is -1.77. The van der Waals surface area contributed by atoms with Crippen LogP contribution in [0.3, 0.4) is 0 Å². The van der Waals surface area contributed by atoms with E-state index < -0.39 is 0 Å². The summed E-state index contributed by atoms with van der Waals surface area (Å²) in [6.07, 6.45) is 2.07. The van der Waals surface area contributed by atoms with Gasteiger partial charge in [0.05, 0.1) is 0 Å². The highest BCUT2D eigenvalue weighted by Crippen LogP contribution is 2.28. The highest BCUT2D eigenvalue weighted by Gasteiger charge is 2.13. The number of hydrogen-bond acceptors (Lipinski definition) is 3. The van der Waals surface area contributed by atoms with Crippen LogP contribution in [-0.2, 0) is 6.42 Å². The molecule has 1 aromatic heterocycles. The van der Waals surface area contributed by atoms with Gasteiger partial charge in [0.2, 0.25) is 0 Å². The van der Waals surface area contributed by atoms with Crippen LogP contribution >= 0.6 is 0 Å². The van der Waals surface area contributed by atoms with Crippen molar-refractivity contribution in [2.75, 3.05) is 11.9 Å². The van der Waals surface area contributed by atoms with E-state index in [1.54, 1.807) is 0 Å². The van der Waals surface area contributed by atoms with E-state index in [1.165, 1.54) is 6.07 Å². The van der Waals surface area contributed by atoms with Crippen LogP contribution in [0.2, 0.25) is 0 Å². The molecule has 3 heteroatoms. The topological polar surface area (TPSA) is 42.2 Å². The van der Waals surface area contributed by atoms with Crippen molar-refractivity contribution >= 4 is 16.7 Å². The van der Waals surface area contributed by atoms with Gasteiger partial charge in [-0.25, -0.2) is 4.79 Å². The van der Waals surface area contributed by atoms with Crippen molar-refractivity contribution in [3.8, 4) is 0 Å². The predicted molar refractivity (Wildman–Crippen MR) is 59.3 cm³/mol.